The molecule has 0 saturated carbocycles. The van der Waals surface area contributed by atoms with E-state index in [1.54, 1.807) is 0 Å². The van der Waals surface area contributed by atoms with Crippen LogP contribution in [0.3, 0.4) is 0 Å². The van der Waals surface area contributed by atoms with E-state index in [1.165, 1.54) is 21.4 Å². The number of nitrogens with zero attached hydrogens (tertiary/aromatic N) is 1. The van der Waals surface area contributed by atoms with Crippen LogP contribution >= 0.6 is 22.9 Å². The predicted molar refractivity (Wildman–Crippen MR) is 127 cm³/mol. The first kappa shape index (κ1) is 21.4. The highest BCUT2D eigenvalue weighted by Crippen LogP contribution is 2.44. The van der Waals surface area contributed by atoms with Crippen molar-refractivity contribution in [1.29, 1.82) is 0 Å². The summed E-state index contributed by atoms with van der Waals surface area (Å²) in [6.07, 6.45) is -0.213. The molecule has 0 heterocycles. The number of carbonyl (C=O) groups excluding carboxylic acids is 2. The average Bonchev–Trinajstić information content (AvgIpc) is 3.14. The maximum Gasteiger partial charge on any atom is 0.419 e. The van der Waals surface area contributed by atoms with Crippen molar-refractivity contribution in [3.63, 3.8) is 0 Å². The van der Waals surface area contributed by atoms with E-state index in [4.69, 9.17) is 9.47 Å². The van der Waals surface area contributed by atoms with Crippen molar-refractivity contribution in [3.8, 4) is 11.1 Å². The van der Waals surface area contributed by atoms with Crippen molar-refractivity contribution in [2.45, 2.75) is 18.4 Å². The zero-order chi connectivity index (χ0) is 21.8. The van der Waals surface area contributed by atoms with Crippen LogP contribution in [0.2, 0.25) is 0 Å². The molecule has 31 heavy (non-hydrogen) atoms. The number of benzene rings is 3. The minimum absolute atomic E-state index is 0.0353. The van der Waals surface area contributed by atoms with Gasteiger partial charge in [-0.05, 0) is 27.8 Å². The van der Waals surface area contributed by atoms with E-state index in [2.05, 4.69) is 24.3 Å². The van der Waals surface area contributed by atoms with Gasteiger partial charge >= 0.3 is 12.1 Å². The Kier molecular flexibility index (Phi) is 6.56. The summed E-state index contributed by atoms with van der Waals surface area (Å²) in [5.74, 6) is -0.515. The number of halogens is 1. The van der Waals surface area contributed by atoms with Crippen molar-refractivity contribution in [1.82, 2.24) is 3.11 Å². The van der Waals surface area contributed by atoms with Gasteiger partial charge in [-0.2, -0.15) is 0 Å². The number of hydrogen-bond acceptors (Lipinski definition) is 4. The molecular formula is C25H22INO4. The Hall–Kier alpha value is -2.87. The van der Waals surface area contributed by atoms with Crippen LogP contribution in [-0.4, -0.2) is 34.9 Å². The van der Waals surface area contributed by atoms with Crippen LogP contribution in [0, 0.1) is 0 Å². The second kappa shape index (κ2) is 9.51. The lowest BCUT2D eigenvalue weighted by atomic mass is 9.98. The third-order valence-electron chi connectivity index (χ3n) is 5.53. The van der Waals surface area contributed by atoms with Crippen molar-refractivity contribution in [2.24, 2.45) is 0 Å². The quantitative estimate of drug-likeness (QED) is 0.246. The molecule has 4 rings (SSSR count). The van der Waals surface area contributed by atoms with Crippen molar-refractivity contribution in [3.05, 3.63) is 95.6 Å². The molecule has 1 aliphatic carbocycles. The van der Waals surface area contributed by atoms with Crippen molar-refractivity contribution in [2.75, 3.05) is 13.7 Å². The third-order valence-corrected chi connectivity index (χ3v) is 6.60. The fourth-order valence-electron chi connectivity index (χ4n) is 4.01. The number of esters is 1. The summed E-state index contributed by atoms with van der Waals surface area (Å²) in [6.45, 7) is 0.200. The highest BCUT2D eigenvalue weighted by Gasteiger charge is 2.33. The lowest BCUT2D eigenvalue weighted by Crippen LogP contribution is -2.41. The van der Waals surface area contributed by atoms with Gasteiger partial charge in [0.05, 0.1) is 30.0 Å². The minimum atomic E-state index is -0.774. The SMILES string of the molecule is COC(=O)[C@H](Cc1ccccc1)N(I)C(=O)OCC1c2ccccc2-c2ccccc21. The monoisotopic (exact) mass is 527 g/mol. The Labute approximate surface area is 195 Å². The summed E-state index contributed by atoms with van der Waals surface area (Å²) in [6, 6.07) is 25.1. The number of rotatable bonds is 6. The van der Waals surface area contributed by atoms with Gasteiger partial charge in [0.15, 0.2) is 0 Å². The van der Waals surface area contributed by atoms with Gasteiger partial charge in [-0.25, -0.2) is 12.7 Å². The van der Waals surface area contributed by atoms with Gasteiger partial charge in [0.1, 0.15) is 12.6 Å². The van der Waals surface area contributed by atoms with Gasteiger partial charge in [-0.1, -0.05) is 78.9 Å². The van der Waals surface area contributed by atoms with E-state index in [9.17, 15) is 9.59 Å². The maximum absolute atomic E-state index is 12.9. The van der Waals surface area contributed by atoms with Gasteiger partial charge < -0.3 is 9.47 Å². The van der Waals surface area contributed by atoms with E-state index in [0.29, 0.717) is 6.42 Å². The molecule has 3 aromatic carbocycles. The molecule has 0 spiro atoms. The molecule has 1 aliphatic rings. The Morgan fingerprint density at radius 2 is 1.45 bits per heavy atom. The standard InChI is InChI=1S/C25H22INO4/c1-30-24(28)23(15-17-9-3-2-4-10-17)27(26)25(29)31-16-22-20-13-7-5-11-18(20)19-12-6-8-14-21(19)22/h2-14,22-23H,15-16H2,1H3/t23-/m0/s1. The second-order valence-electron chi connectivity index (χ2n) is 7.34. The molecule has 0 fully saturated rings. The first-order valence-corrected chi connectivity index (χ1v) is 11.0. The molecule has 0 N–H and O–H groups in total. The summed E-state index contributed by atoms with van der Waals surface area (Å²) in [7, 11) is 1.32. The number of methoxy groups -OCH3 is 1. The van der Waals surface area contributed by atoms with Crippen LogP contribution in [0.15, 0.2) is 78.9 Å². The van der Waals surface area contributed by atoms with Gasteiger partial charge in [0, 0.05) is 12.3 Å². The molecule has 1 amide bonds. The van der Waals surface area contributed by atoms with E-state index in [0.717, 1.165) is 16.7 Å². The smallest absolute Gasteiger partial charge is 0.419 e. The number of carbonyl (C=O) groups is 2. The van der Waals surface area contributed by atoms with Gasteiger partial charge in [-0.15, -0.1) is 0 Å². The molecule has 0 unspecified atom stereocenters. The lowest BCUT2D eigenvalue weighted by molar-refractivity contribution is -0.144. The molecule has 158 valence electrons. The summed E-state index contributed by atoms with van der Waals surface area (Å²) in [5.41, 5.74) is 5.56. The minimum Gasteiger partial charge on any atom is -0.467 e. The number of ether oxygens (including phenoxy) is 2. The molecule has 0 saturated heterocycles. The van der Waals surface area contributed by atoms with Crippen molar-refractivity contribution >= 4 is 34.9 Å². The molecule has 0 aromatic heterocycles. The Balaban J connectivity index is 1.49. The average molecular weight is 527 g/mol. The van der Waals surface area contributed by atoms with Gasteiger partial charge in [0.25, 0.3) is 0 Å². The molecule has 0 bridgehead atoms. The predicted octanol–water partition coefficient (Wildman–Crippen LogP) is 5.37. The fourth-order valence-corrected chi connectivity index (χ4v) is 4.58. The summed E-state index contributed by atoms with van der Waals surface area (Å²) in [4.78, 5) is 25.2. The molecule has 6 heteroatoms. The highest BCUT2D eigenvalue weighted by molar-refractivity contribution is 14.1. The molecule has 0 radical (unpaired) electrons. The Morgan fingerprint density at radius 3 is 2.03 bits per heavy atom. The van der Waals surface area contributed by atoms with Crippen LogP contribution in [0.4, 0.5) is 4.79 Å². The first-order valence-electron chi connectivity index (χ1n) is 10.0. The number of fused-ring (bicyclic) bond motifs is 3. The van der Waals surface area contributed by atoms with Gasteiger partial charge in [-0.3, -0.25) is 0 Å². The molecular weight excluding hydrogens is 505 g/mol. The molecule has 1 atom stereocenters. The van der Waals surface area contributed by atoms with Crippen LogP contribution in [0.1, 0.15) is 22.6 Å². The van der Waals surface area contributed by atoms with Gasteiger partial charge in [0.2, 0.25) is 0 Å². The van der Waals surface area contributed by atoms with Crippen LogP contribution in [0.25, 0.3) is 11.1 Å². The van der Waals surface area contributed by atoms with E-state index >= 15 is 0 Å². The van der Waals surface area contributed by atoms with E-state index in [1.807, 2.05) is 77.5 Å². The van der Waals surface area contributed by atoms with Crippen LogP contribution in [-0.2, 0) is 20.7 Å². The summed E-state index contributed by atoms with van der Waals surface area (Å²) >= 11 is 1.84. The molecule has 3 aromatic rings. The fraction of sp³-hybridized carbons (Fsp3) is 0.200. The Morgan fingerprint density at radius 1 is 0.903 bits per heavy atom. The zero-order valence-corrected chi connectivity index (χ0v) is 19.2. The van der Waals surface area contributed by atoms with Crippen LogP contribution in [0.5, 0.6) is 0 Å². The van der Waals surface area contributed by atoms with Crippen molar-refractivity contribution < 1.29 is 19.1 Å². The second-order valence-corrected chi connectivity index (χ2v) is 8.38. The number of hydrogen-bond donors (Lipinski definition) is 0. The first-order chi connectivity index (χ1) is 15.1. The number of amides is 1. The Bertz CT molecular complexity index is 1040. The zero-order valence-electron chi connectivity index (χ0n) is 17.0. The third kappa shape index (κ3) is 4.44. The van der Waals surface area contributed by atoms with Crippen LogP contribution < -0.4 is 0 Å². The normalized spacial score (nSPS) is 13.1. The maximum atomic E-state index is 12.9. The lowest BCUT2D eigenvalue weighted by Gasteiger charge is -2.24. The highest BCUT2D eigenvalue weighted by atomic mass is 127. The van der Waals surface area contributed by atoms with E-state index < -0.39 is 18.1 Å². The summed E-state index contributed by atoms with van der Waals surface area (Å²) < 4.78 is 11.9. The summed E-state index contributed by atoms with van der Waals surface area (Å²) in [5, 5.41) is 0. The molecule has 0 aliphatic heterocycles. The molecule has 5 nitrogen and oxygen atoms in total. The topological polar surface area (TPSA) is 55.8 Å². The largest absolute Gasteiger partial charge is 0.467 e. The van der Waals surface area contributed by atoms with E-state index in [-0.39, 0.29) is 12.5 Å².